The van der Waals surface area contributed by atoms with Crippen LogP contribution in [0.25, 0.3) is 0 Å². The fourth-order valence-electron chi connectivity index (χ4n) is 1.57. The fourth-order valence-corrected chi connectivity index (χ4v) is 1.57. The summed E-state index contributed by atoms with van der Waals surface area (Å²) in [6.07, 6.45) is 7.80. The van der Waals surface area contributed by atoms with Crippen molar-refractivity contribution in [2.24, 2.45) is 0 Å². The van der Waals surface area contributed by atoms with Crippen LogP contribution in [-0.4, -0.2) is 29.2 Å². The average molecular weight is 230 g/mol. The Hall–Kier alpha value is -0.710. The third-order valence-corrected chi connectivity index (χ3v) is 2.34. The molecule has 1 N–H and O–H groups in total. The molecule has 1 aliphatic rings. The highest BCUT2D eigenvalue weighted by molar-refractivity contribution is 5.85. The lowest BCUT2D eigenvalue weighted by molar-refractivity contribution is 0.0235. The van der Waals surface area contributed by atoms with E-state index in [9.17, 15) is 0 Å². The summed E-state index contributed by atoms with van der Waals surface area (Å²) in [7, 11) is 0. The maximum absolute atomic E-state index is 5.70. The van der Waals surface area contributed by atoms with Crippen molar-refractivity contribution in [2.75, 3.05) is 13.1 Å². The number of hydrogen-bond acceptors (Lipinski definition) is 4. The molecule has 1 aromatic heterocycles. The predicted octanol–water partition coefficient (Wildman–Crippen LogP) is 1.17. The van der Waals surface area contributed by atoms with E-state index in [1.807, 2.05) is 0 Å². The first-order valence-electron chi connectivity index (χ1n) is 5.02. The summed E-state index contributed by atoms with van der Waals surface area (Å²) in [5, 5.41) is 3.31. The lowest BCUT2D eigenvalue weighted by atomic mass is 10.1. The van der Waals surface area contributed by atoms with Gasteiger partial charge in [0.15, 0.2) is 0 Å². The molecule has 2 rings (SSSR count). The van der Waals surface area contributed by atoms with E-state index in [2.05, 4.69) is 15.3 Å². The zero-order chi connectivity index (χ0) is 9.64. The van der Waals surface area contributed by atoms with Gasteiger partial charge in [0.05, 0.1) is 24.6 Å². The van der Waals surface area contributed by atoms with Gasteiger partial charge < -0.3 is 10.1 Å². The summed E-state index contributed by atoms with van der Waals surface area (Å²) in [6, 6.07) is 0. The molecule has 0 bridgehead atoms. The van der Waals surface area contributed by atoms with Crippen molar-refractivity contribution in [1.29, 1.82) is 0 Å². The molecule has 15 heavy (non-hydrogen) atoms. The van der Waals surface area contributed by atoms with E-state index in [0.29, 0.717) is 12.7 Å². The second kappa shape index (κ2) is 6.71. The second-order valence-corrected chi connectivity index (χ2v) is 3.48. The summed E-state index contributed by atoms with van der Waals surface area (Å²) in [5.41, 5.74) is 0.901. The van der Waals surface area contributed by atoms with Crippen molar-refractivity contribution in [1.82, 2.24) is 15.3 Å². The smallest absolute Gasteiger partial charge is 0.0907 e. The molecule has 1 saturated heterocycles. The SMILES string of the molecule is Cl.c1cnc(CO[C@@H]2CCCNC2)cn1. The van der Waals surface area contributed by atoms with Crippen LogP contribution >= 0.6 is 12.4 Å². The van der Waals surface area contributed by atoms with E-state index >= 15 is 0 Å². The number of piperidine rings is 1. The molecule has 84 valence electrons. The Morgan fingerprint density at radius 3 is 3.07 bits per heavy atom. The van der Waals surface area contributed by atoms with E-state index in [1.54, 1.807) is 18.6 Å². The molecular weight excluding hydrogens is 214 g/mol. The molecule has 0 radical (unpaired) electrons. The standard InChI is InChI=1S/C10H15N3O.ClH/c1-2-10(7-11-3-1)14-8-9-6-12-4-5-13-9;/h4-6,10-11H,1-3,7-8H2;1H/t10-;/m1./s1. The zero-order valence-electron chi connectivity index (χ0n) is 8.56. The molecule has 0 aromatic carbocycles. The van der Waals surface area contributed by atoms with Crippen LogP contribution in [0.1, 0.15) is 18.5 Å². The maximum Gasteiger partial charge on any atom is 0.0907 e. The van der Waals surface area contributed by atoms with Crippen molar-refractivity contribution in [2.45, 2.75) is 25.6 Å². The molecule has 0 aliphatic carbocycles. The Morgan fingerprint density at radius 2 is 2.40 bits per heavy atom. The first kappa shape index (κ1) is 12.4. The van der Waals surface area contributed by atoms with Gasteiger partial charge in [-0.3, -0.25) is 9.97 Å². The Bertz CT molecular complexity index is 265. The normalized spacial score (nSPS) is 20.7. The number of aromatic nitrogens is 2. The minimum atomic E-state index is 0. The topological polar surface area (TPSA) is 47.0 Å². The quantitative estimate of drug-likeness (QED) is 0.845. The largest absolute Gasteiger partial charge is 0.371 e. The van der Waals surface area contributed by atoms with Gasteiger partial charge in [0.25, 0.3) is 0 Å². The van der Waals surface area contributed by atoms with Crippen LogP contribution in [0.15, 0.2) is 18.6 Å². The van der Waals surface area contributed by atoms with Gasteiger partial charge in [-0.2, -0.15) is 0 Å². The van der Waals surface area contributed by atoms with Crippen LogP contribution in [0.5, 0.6) is 0 Å². The molecule has 2 heterocycles. The monoisotopic (exact) mass is 229 g/mol. The number of ether oxygens (including phenoxy) is 1. The maximum atomic E-state index is 5.70. The van der Waals surface area contributed by atoms with Gasteiger partial charge in [0, 0.05) is 18.9 Å². The Morgan fingerprint density at radius 1 is 1.47 bits per heavy atom. The minimum Gasteiger partial charge on any atom is -0.371 e. The van der Waals surface area contributed by atoms with Gasteiger partial charge in [-0.05, 0) is 19.4 Å². The van der Waals surface area contributed by atoms with E-state index < -0.39 is 0 Å². The third kappa shape index (κ3) is 4.11. The summed E-state index contributed by atoms with van der Waals surface area (Å²) < 4.78 is 5.70. The van der Waals surface area contributed by atoms with Gasteiger partial charge in [-0.15, -0.1) is 12.4 Å². The number of nitrogens with zero attached hydrogens (tertiary/aromatic N) is 2. The van der Waals surface area contributed by atoms with Crippen molar-refractivity contribution < 1.29 is 4.74 Å². The Balaban J connectivity index is 0.00000112. The molecule has 5 heteroatoms. The highest BCUT2D eigenvalue weighted by Gasteiger charge is 2.12. The van der Waals surface area contributed by atoms with E-state index in [4.69, 9.17) is 4.74 Å². The number of halogens is 1. The lowest BCUT2D eigenvalue weighted by Crippen LogP contribution is -2.35. The molecular formula is C10H16ClN3O. The van der Waals surface area contributed by atoms with E-state index in [1.165, 1.54) is 6.42 Å². The zero-order valence-corrected chi connectivity index (χ0v) is 9.37. The van der Waals surface area contributed by atoms with Gasteiger partial charge in [-0.25, -0.2) is 0 Å². The van der Waals surface area contributed by atoms with E-state index in [0.717, 1.165) is 25.2 Å². The van der Waals surface area contributed by atoms with Crippen LogP contribution in [0, 0.1) is 0 Å². The first-order valence-corrected chi connectivity index (χ1v) is 5.02. The van der Waals surface area contributed by atoms with Crippen molar-refractivity contribution in [3.8, 4) is 0 Å². The molecule has 0 spiro atoms. The number of nitrogens with one attached hydrogen (secondary N) is 1. The minimum absolute atomic E-state index is 0. The highest BCUT2D eigenvalue weighted by atomic mass is 35.5. The molecule has 0 unspecified atom stereocenters. The molecule has 4 nitrogen and oxygen atoms in total. The van der Waals surface area contributed by atoms with E-state index in [-0.39, 0.29) is 12.4 Å². The van der Waals surface area contributed by atoms with Crippen molar-refractivity contribution >= 4 is 12.4 Å². The summed E-state index contributed by atoms with van der Waals surface area (Å²) in [5.74, 6) is 0. The average Bonchev–Trinajstić information content (AvgIpc) is 2.29. The van der Waals surface area contributed by atoms with Gasteiger partial charge in [-0.1, -0.05) is 0 Å². The van der Waals surface area contributed by atoms with Crippen molar-refractivity contribution in [3.63, 3.8) is 0 Å². The highest BCUT2D eigenvalue weighted by Crippen LogP contribution is 2.07. The Kier molecular flexibility index (Phi) is 5.53. The summed E-state index contributed by atoms with van der Waals surface area (Å²) in [6.45, 7) is 2.64. The van der Waals surface area contributed by atoms with Gasteiger partial charge >= 0.3 is 0 Å². The predicted molar refractivity (Wildman–Crippen MR) is 60.0 cm³/mol. The van der Waals surface area contributed by atoms with Crippen LogP contribution in [-0.2, 0) is 11.3 Å². The number of hydrogen-bond donors (Lipinski definition) is 1. The second-order valence-electron chi connectivity index (χ2n) is 3.48. The third-order valence-electron chi connectivity index (χ3n) is 2.34. The van der Waals surface area contributed by atoms with Gasteiger partial charge in [0.2, 0.25) is 0 Å². The van der Waals surface area contributed by atoms with Gasteiger partial charge in [0.1, 0.15) is 0 Å². The molecule has 0 saturated carbocycles. The summed E-state index contributed by atoms with van der Waals surface area (Å²) in [4.78, 5) is 8.15. The molecule has 1 atom stereocenters. The van der Waals surface area contributed by atoms with Crippen LogP contribution in [0.3, 0.4) is 0 Å². The molecule has 1 aromatic rings. The van der Waals surface area contributed by atoms with Crippen LogP contribution in [0.2, 0.25) is 0 Å². The molecule has 1 fully saturated rings. The summed E-state index contributed by atoms with van der Waals surface area (Å²) >= 11 is 0. The van der Waals surface area contributed by atoms with Crippen molar-refractivity contribution in [3.05, 3.63) is 24.3 Å². The van der Waals surface area contributed by atoms with Crippen LogP contribution < -0.4 is 5.32 Å². The Labute approximate surface area is 95.9 Å². The molecule has 0 amide bonds. The fraction of sp³-hybridized carbons (Fsp3) is 0.600. The van der Waals surface area contributed by atoms with Crippen LogP contribution in [0.4, 0.5) is 0 Å². The first-order chi connectivity index (χ1) is 6.95. The molecule has 1 aliphatic heterocycles. The lowest BCUT2D eigenvalue weighted by Gasteiger charge is -2.22. The number of rotatable bonds is 3.